The maximum absolute atomic E-state index is 9.14. The van der Waals surface area contributed by atoms with E-state index in [2.05, 4.69) is 15.9 Å². The van der Waals surface area contributed by atoms with Crippen LogP contribution in [0.5, 0.6) is 11.5 Å². The molecule has 0 spiro atoms. The topological polar surface area (TPSA) is 38.7 Å². The maximum atomic E-state index is 9.14. The van der Waals surface area contributed by atoms with Gasteiger partial charge in [0.2, 0.25) is 0 Å². The van der Waals surface area contributed by atoms with Crippen molar-refractivity contribution in [2.24, 2.45) is 0 Å². The van der Waals surface area contributed by atoms with E-state index in [1.54, 1.807) is 11.8 Å². The minimum Gasteiger partial charge on any atom is -0.490 e. The SMILES string of the molecule is OCc1ccc(Sc2ccc3c(c2)OCCCO3)c(Br)c1. The van der Waals surface area contributed by atoms with E-state index in [-0.39, 0.29) is 6.61 Å². The van der Waals surface area contributed by atoms with Gasteiger partial charge in [-0.05, 0) is 51.8 Å². The van der Waals surface area contributed by atoms with E-state index in [9.17, 15) is 0 Å². The second-order valence-electron chi connectivity index (χ2n) is 4.68. The van der Waals surface area contributed by atoms with E-state index in [1.807, 2.05) is 36.4 Å². The quantitative estimate of drug-likeness (QED) is 0.880. The molecule has 0 radical (unpaired) electrons. The zero-order valence-corrected chi connectivity index (χ0v) is 13.7. The smallest absolute Gasteiger partial charge is 0.162 e. The van der Waals surface area contributed by atoms with Crippen LogP contribution in [0.2, 0.25) is 0 Å². The Bertz CT molecular complexity index is 645. The van der Waals surface area contributed by atoms with Crippen molar-refractivity contribution in [3.63, 3.8) is 0 Å². The molecule has 0 atom stereocenters. The van der Waals surface area contributed by atoms with Crippen LogP contribution in [0.1, 0.15) is 12.0 Å². The van der Waals surface area contributed by atoms with Gasteiger partial charge < -0.3 is 14.6 Å². The Balaban J connectivity index is 1.83. The van der Waals surface area contributed by atoms with Gasteiger partial charge in [-0.2, -0.15) is 0 Å². The van der Waals surface area contributed by atoms with Gasteiger partial charge in [-0.15, -0.1) is 0 Å². The molecule has 0 bridgehead atoms. The predicted molar refractivity (Wildman–Crippen MR) is 86.2 cm³/mol. The second kappa shape index (κ2) is 6.73. The second-order valence-corrected chi connectivity index (χ2v) is 6.65. The fourth-order valence-corrected chi connectivity index (χ4v) is 3.58. The van der Waals surface area contributed by atoms with Crippen LogP contribution in [0.4, 0.5) is 0 Å². The first-order chi connectivity index (χ1) is 10.3. The molecule has 21 heavy (non-hydrogen) atoms. The lowest BCUT2D eigenvalue weighted by atomic mass is 10.2. The molecule has 0 aromatic heterocycles. The molecule has 1 aliphatic heterocycles. The largest absolute Gasteiger partial charge is 0.490 e. The highest BCUT2D eigenvalue weighted by Gasteiger charge is 2.12. The highest BCUT2D eigenvalue weighted by atomic mass is 79.9. The number of hydrogen-bond donors (Lipinski definition) is 1. The van der Waals surface area contributed by atoms with Crippen molar-refractivity contribution in [1.82, 2.24) is 0 Å². The van der Waals surface area contributed by atoms with Gasteiger partial charge in [-0.25, -0.2) is 0 Å². The predicted octanol–water partition coefficient (Wildman–Crippen LogP) is 4.25. The number of aliphatic hydroxyl groups is 1. The molecule has 5 heteroatoms. The Kier molecular flexibility index (Phi) is 4.73. The van der Waals surface area contributed by atoms with Crippen LogP contribution in [0.3, 0.4) is 0 Å². The molecule has 0 unspecified atom stereocenters. The van der Waals surface area contributed by atoms with E-state index in [0.29, 0.717) is 13.2 Å². The third-order valence-corrected chi connectivity index (χ3v) is 5.11. The first-order valence-electron chi connectivity index (χ1n) is 6.73. The average Bonchev–Trinajstić information content (AvgIpc) is 2.74. The van der Waals surface area contributed by atoms with E-state index >= 15 is 0 Å². The molecule has 1 aliphatic rings. The number of aliphatic hydroxyl groups excluding tert-OH is 1. The Hall–Kier alpha value is -1.17. The Morgan fingerprint density at radius 3 is 2.62 bits per heavy atom. The first-order valence-corrected chi connectivity index (χ1v) is 8.34. The Morgan fingerprint density at radius 2 is 1.86 bits per heavy atom. The van der Waals surface area contributed by atoms with E-state index in [0.717, 1.165) is 37.7 Å². The van der Waals surface area contributed by atoms with E-state index < -0.39 is 0 Å². The van der Waals surface area contributed by atoms with Gasteiger partial charge in [0.25, 0.3) is 0 Å². The molecular formula is C16H15BrO3S. The monoisotopic (exact) mass is 366 g/mol. The number of benzene rings is 2. The van der Waals surface area contributed by atoms with Crippen LogP contribution >= 0.6 is 27.7 Å². The van der Waals surface area contributed by atoms with Crippen LogP contribution in [-0.4, -0.2) is 18.3 Å². The van der Waals surface area contributed by atoms with Crippen LogP contribution in [0, 0.1) is 0 Å². The molecular weight excluding hydrogens is 352 g/mol. The molecule has 0 saturated carbocycles. The molecule has 0 amide bonds. The maximum Gasteiger partial charge on any atom is 0.162 e. The minimum absolute atomic E-state index is 0.0492. The summed E-state index contributed by atoms with van der Waals surface area (Å²) in [6.07, 6.45) is 0.908. The summed E-state index contributed by atoms with van der Waals surface area (Å²) < 4.78 is 12.3. The Labute approximate surface area is 136 Å². The van der Waals surface area contributed by atoms with Gasteiger partial charge in [-0.3, -0.25) is 0 Å². The first kappa shape index (κ1) is 14.8. The number of ether oxygens (including phenoxy) is 2. The van der Waals surface area contributed by atoms with E-state index in [4.69, 9.17) is 14.6 Å². The van der Waals surface area contributed by atoms with Gasteiger partial charge in [-0.1, -0.05) is 17.8 Å². The minimum atomic E-state index is 0.0492. The van der Waals surface area contributed by atoms with Gasteiger partial charge in [0.15, 0.2) is 11.5 Å². The molecule has 0 aliphatic carbocycles. The molecule has 110 valence electrons. The fraction of sp³-hybridized carbons (Fsp3) is 0.250. The molecule has 2 aromatic carbocycles. The molecule has 3 nitrogen and oxygen atoms in total. The van der Waals surface area contributed by atoms with Crippen molar-refractivity contribution in [2.45, 2.75) is 22.8 Å². The highest BCUT2D eigenvalue weighted by molar-refractivity contribution is 9.10. The average molecular weight is 367 g/mol. The lowest BCUT2D eigenvalue weighted by Crippen LogP contribution is -1.97. The molecule has 0 saturated heterocycles. The van der Waals surface area contributed by atoms with E-state index in [1.165, 1.54) is 0 Å². The van der Waals surface area contributed by atoms with Crippen molar-refractivity contribution in [2.75, 3.05) is 13.2 Å². The molecule has 3 rings (SSSR count). The molecule has 1 heterocycles. The van der Waals surface area contributed by atoms with Crippen molar-refractivity contribution in [3.8, 4) is 11.5 Å². The zero-order chi connectivity index (χ0) is 14.7. The van der Waals surface area contributed by atoms with Crippen LogP contribution < -0.4 is 9.47 Å². The van der Waals surface area contributed by atoms with Crippen LogP contribution in [0.25, 0.3) is 0 Å². The van der Waals surface area contributed by atoms with Gasteiger partial charge in [0.05, 0.1) is 19.8 Å². The van der Waals surface area contributed by atoms with Crippen molar-refractivity contribution >= 4 is 27.7 Å². The summed E-state index contributed by atoms with van der Waals surface area (Å²) in [7, 11) is 0. The summed E-state index contributed by atoms with van der Waals surface area (Å²) >= 11 is 5.19. The van der Waals surface area contributed by atoms with Crippen molar-refractivity contribution < 1.29 is 14.6 Å². The fourth-order valence-electron chi connectivity index (χ4n) is 2.06. The summed E-state index contributed by atoms with van der Waals surface area (Å²) in [5.74, 6) is 1.62. The molecule has 2 aromatic rings. The number of halogens is 1. The lowest BCUT2D eigenvalue weighted by molar-refractivity contribution is 0.281. The van der Waals surface area contributed by atoms with Gasteiger partial charge in [0.1, 0.15) is 0 Å². The van der Waals surface area contributed by atoms with Gasteiger partial charge >= 0.3 is 0 Å². The number of rotatable bonds is 3. The Morgan fingerprint density at radius 1 is 1.05 bits per heavy atom. The summed E-state index contributed by atoms with van der Waals surface area (Å²) in [5, 5.41) is 9.14. The highest BCUT2D eigenvalue weighted by Crippen LogP contribution is 2.39. The van der Waals surface area contributed by atoms with Crippen molar-refractivity contribution in [3.05, 3.63) is 46.4 Å². The molecule has 1 N–H and O–H groups in total. The van der Waals surface area contributed by atoms with Crippen LogP contribution in [0.15, 0.2) is 50.7 Å². The van der Waals surface area contributed by atoms with Crippen molar-refractivity contribution in [1.29, 1.82) is 0 Å². The third-order valence-electron chi connectivity index (χ3n) is 3.13. The number of hydrogen-bond acceptors (Lipinski definition) is 4. The number of fused-ring (bicyclic) bond motifs is 1. The van der Waals surface area contributed by atoms with Crippen LogP contribution in [-0.2, 0) is 6.61 Å². The standard InChI is InChI=1S/C16H15BrO3S/c17-13-8-11(10-18)2-5-16(13)21-12-3-4-14-15(9-12)20-7-1-6-19-14/h2-5,8-9,18H,1,6-7,10H2. The normalized spacial score (nSPS) is 13.8. The summed E-state index contributed by atoms with van der Waals surface area (Å²) in [5.41, 5.74) is 0.893. The summed E-state index contributed by atoms with van der Waals surface area (Å²) in [6, 6.07) is 11.9. The third kappa shape index (κ3) is 3.54. The summed E-state index contributed by atoms with van der Waals surface area (Å²) in [4.78, 5) is 2.19. The van der Waals surface area contributed by atoms with Gasteiger partial charge in [0, 0.05) is 20.7 Å². The summed E-state index contributed by atoms with van der Waals surface area (Å²) in [6.45, 7) is 1.44. The zero-order valence-electron chi connectivity index (χ0n) is 11.3. The lowest BCUT2D eigenvalue weighted by Gasteiger charge is -2.10. The molecule has 0 fully saturated rings.